The van der Waals surface area contributed by atoms with E-state index >= 15 is 0 Å². The summed E-state index contributed by atoms with van der Waals surface area (Å²) in [6.45, 7) is -0.414. The van der Waals surface area contributed by atoms with Gasteiger partial charge in [0.15, 0.2) is 5.82 Å². The SMILES string of the molecule is O=C(O)Cn1cc(S(=O)(=O)Nc2ncccc2Br)cn1. The molecule has 0 saturated carbocycles. The lowest BCUT2D eigenvalue weighted by atomic mass is 10.5. The van der Waals surface area contributed by atoms with Gasteiger partial charge in [0.05, 0.1) is 10.7 Å². The molecule has 0 aliphatic heterocycles. The fourth-order valence-electron chi connectivity index (χ4n) is 1.36. The first-order valence-electron chi connectivity index (χ1n) is 5.26. The molecule has 0 aliphatic rings. The first-order valence-corrected chi connectivity index (χ1v) is 7.54. The Bertz CT molecular complexity index is 743. The number of aliphatic carboxylic acids is 1. The van der Waals surface area contributed by atoms with Crippen LogP contribution in [0.5, 0.6) is 0 Å². The lowest BCUT2D eigenvalue weighted by molar-refractivity contribution is -0.137. The van der Waals surface area contributed by atoms with E-state index in [1.165, 1.54) is 6.20 Å². The minimum atomic E-state index is -3.87. The zero-order valence-electron chi connectivity index (χ0n) is 9.89. The molecule has 2 N–H and O–H groups in total. The van der Waals surface area contributed by atoms with Crippen LogP contribution < -0.4 is 4.72 Å². The van der Waals surface area contributed by atoms with E-state index in [1.807, 2.05) is 0 Å². The van der Waals surface area contributed by atoms with Crippen molar-refractivity contribution in [3.8, 4) is 0 Å². The molecule has 2 aromatic rings. The Morgan fingerprint density at radius 2 is 2.25 bits per heavy atom. The van der Waals surface area contributed by atoms with Crippen LogP contribution in [0.1, 0.15) is 0 Å². The van der Waals surface area contributed by atoms with Gasteiger partial charge in [-0.15, -0.1) is 0 Å². The number of pyridine rings is 1. The normalized spacial score (nSPS) is 11.2. The molecule has 0 saturated heterocycles. The summed E-state index contributed by atoms with van der Waals surface area (Å²) < 4.78 is 27.9. The Morgan fingerprint density at radius 1 is 1.50 bits per heavy atom. The van der Waals surface area contributed by atoms with Crippen LogP contribution in [0, 0.1) is 0 Å². The van der Waals surface area contributed by atoms with E-state index in [0.29, 0.717) is 4.47 Å². The van der Waals surface area contributed by atoms with Crippen molar-refractivity contribution in [1.29, 1.82) is 0 Å². The zero-order valence-corrected chi connectivity index (χ0v) is 12.3. The highest BCUT2D eigenvalue weighted by Crippen LogP contribution is 2.21. The van der Waals surface area contributed by atoms with Crippen molar-refractivity contribution in [1.82, 2.24) is 14.8 Å². The van der Waals surface area contributed by atoms with E-state index in [9.17, 15) is 13.2 Å². The van der Waals surface area contributed by atoms with E-state index in [-0.39, 0.29) is 10.7 Å². The summed E-state index contributed by atoms with van der Waals surface area (Å²) in [6, 6.07) is 3.28. The lowest BCUT2D eigenvalue weighted by Crippen LogP contribution is -2.14. The third kappa shape index (κ3) is 3.33. The highest BCUT2D eigenvalue weighted by atomic mass is 79.9. The Balaban J connectivity index is 2.25. The van der Waals surface area contributed by atoms with Crippen molar-refractivity contribution in [2.24, 2.45) is 0 Å². The molecule has 106 valence electrons. The molecular formula is C10H9BrN4O4S. The van der Waals surface area contributed by atoms with E-state index in [4.69, 9.17) is 5.11 Å². The van der Waals surface area contributed by atoms with E-state index < -0.39 is 22.5 Å². The summed E-state index contributed by atoms with van der Waals surface area (Å²) in [7, 11) is -3.87. The second-order valence-electron chi connectivity index (χ2n) is 3.71. The van der Waals surface area contributed by atoms with Crippen LogP contribution in [0.4, 0.5) is 5.82 Å². The van der Waals surface area contributed by atoms with Crippen molar-refractivity contribution < 1.29 is 18.3 Å². The number of hydrogen-bond acceptors (Lipinski definition) is 5. The molecule has 0 aliphatic carbocycles. The second-order valence-corrected chi connectivity index (χ2v) is 6.24. The molecule has 0 radical (unpaired) electrons. The first-order chi connectivity index (χ1) is 9.38. The van der Waals surface area contributed by atoms with Gasteiger partial charge in [-0.3, -0.25) is 14.2 Å². The van der Waals surface area contributed by atoms with Crippen LogP contribution in [0.15, 0.2) is 40.1 Å². The van der Waals surface area contributed by atoms with E-state index in [1.54, 1.807) is 12.1 Å². The Labute approximate surface area is 122 Å². The third-order valence-corrected chi connectivity index (χ3v) is 4.14. The van der Waals surface area contributed by atoms with Crippen LogP contribution >= 0.6 is 15.9 Å². The van der Waals surface area contributed by atoms with Crippen molar-refractivity contribution in [3.05, 3.63) is 35.2 Å². The van der Waals surface area contributed by atoms with Crippen molar-refractivity contribution in [2.75, 3.05) is 4.72 Å². The number of aromatic nitrogens is 3. The summed E-state index contributed by atoms with van der Waals surface area (Å²) in [5, 5.41) is 12.3. The fraction of sp³-hybridized carbons (Fsp3) is 0.100. The molecule has 2 aromatic heterocycles. The van der Waals surface area contributed by atoms with Gasteiger partial charge in [-0.05, 0) is 28.1 Å². The van der Waals surface area contributed by atoms with Crippen molar-refractivity contribution in [3.63, 3.8) is 0 Å². The average Bonchev–Trinajstić information content (AvgIpc) is 2.80. The number of carboxylic acid groups (broad SMARTS) is 1. The first kappa shape index (κ1) is 14.5. The number of halogens is 1. The molecule has 0 spiro atoms. The molecule has 8 nitrogen and oxygen atoms in total. The molecule has 20 heavy (non-hydrogen) atoms. The van der Waals surface area contributed by atoms with Crippen LogP contribution in [0.25, 0.3) is 0 Å². The molecule has 2 rings (SSSR count). The smallest absolute Gasteiger partial charge is 0.325 e. The maximum Gasteiger partial charge on any atom is 0.325 e. The number of hydrogen-bond donors (Lipinski definition) is 2. The molecule has 0 bridgehead atoms. The summed E-state index contributed by atoms with van der Waals surface area (Å²) >= 11 is 3.17. The van der Waals surface area contributed by atoms with Crippen LogP contribution in [0.2, 0.25) is 0 Å². The van der Waals surface area contributed by atoms with Gasteiger partial charge in [-0.2, -0.15) is 5.10 Å². The van der Waals surface area contributed by atoms with Crippen LogP contribution in [-0.2, 0) is 21.4 Å². The van der Waals surface area contributed by atoms with Gasteiger partial charge >= 0.3 is 5.97 Å². The standard InChI is InChI=1S/C10H9BrN4O4S/c11-8-2-1-3-12-10(8)14-20(18,19)7-4-13-15(5-7)6-9(16)17/h1-5H,6H2,(H,12,14)(H,16,17). The second kappa shape index (κ2) is 5.59. The number of nitrogens with one attached hydrogen (secondary N) is 1. The monoisotopic (exact) mass is 360 g/mol. The predicted octanol–water partition coefficient (Wildman–Crippen LogP) is 0.926. The lowest BCUT2D eigenvalue weighted by Gasteiger charge is -2.06. The Hall–Kier alpha value is -1.94. The van der Waals surface area contributed by atoms with Gasteiger partial charge in [0, 0.05) is 12.4 Å². The fourth-order valence-corrected chi connectivity index (χ4v) is 2.82. The number of nitrogens with zero attached hydrogens (tertiary/aromatic N) is 3. The maximum atomic E-state index is 12.1. The number of carboxylic acids is 1. The highest BCUT2D eigenvalue weighted by molar-refractivity contribution is 9.10. The van der Waals surface area contributed by atoms with Gasteiger partial charge in [0.1, 0.15) is 11.4 Å². The summed E-state index contributed by atoms with van der Waals surface area (Å²) in [5.41, 5.74) is 0. The minimum Gasteiger partial charge on any atom is -0.480 e. The molecule has 0 amide bonds. The topological polar surface area (TPSA) is 114 Å². The maximum absolute atomic E-state index is 12.1. The van der Waals surface area contributed by atoms with E-state index in [2.05, 4.69) is 30.7 Å². The number of anilines is 1. The van der Waals surface area contributed by atoms with Gasteiger partial charge in [-0.25, -0.2) is 13.4 Å². The van der Waals surface area contributed by atoms with Crippen molar-refractivity contribution >= 4 is 37.7 Å². The number of rotatable bonds is 5. The summed E-state index contributed by atoms with van der Waals surface area (Å²) in [6.07, 6.45) is 3.64. The van der Waals surface area contributed by atoms with Crippen molar-refractivity contribution in [2.45, 2.75) is 11.4 Å². The summed E-state index contributed by atoms with van der Waals surface area (Å²) in [4.78, 5) is 14.3. The third-order valence-electron chi connectivity index (χ3n) is 2.21. The Kier molecular flexibility index (Phi) is 4.04. The molecule has 10 heteroatoms. The molecule has 0 aromatic carbocycles. The Morgan fingerprint density at radius 3 is 2.90 bits per heavy atom. The molecule has 2 heterocycles. The largest absolute Gasteiger partial charge is 0.480 e. The average molecular weight is 361 g/mol. The molecule has 0 fully saturated rings. The van der Waals surface area contributed by atoms with Gasteiger partial charge in [0.2, 0.25) is 0 Å². The zero-order chi connectivity index (χ0) is 14.8. The quantitative estimate of drug-likeness (QED) is 0.819. The molecular weight excluding hydrogens is 352 g/mol. The van der Waals surface area contributed by atoms with Gasteiger partial charge < -0.3 is 5.11 Å². The van der Waals surface area contributed by atoms with Crippen LogP contribution in [-0.4, -0.2) is 34.3 Å². The number of sulfonamides is 1. The molecule has 0 unspecified atom stereocenters. The van der Waals surface area contributed by atoms with E-state index in [0.717, 1.165) is 17.1 Å². The predicted molar refractivity (Wildman–Crippen MR) is 72.6 cm³/mol. The highest BCUT2D eigenvalue weighted by Gasteiger charge is 2.18. The van der Waals surface area contributed by atoms with Crippen LogP contribution in [0.3, 0.4) is 0 Å². The summed E-state index contributed by atoms with van der Waals surface area (Å²) in [5.74, 6) is -0.976. The van der Waals surface area contributed by atoms with Gasteiger partial charge in [-0.1, -0.05) is 0 Å². The number of carbonyl (C=O) groups is 1. The minimum absolute atomic E-state index is 0.137. The van der Waals surface area contributed by atoms with Gasteiger partial charge in [0.25, 0.3) is 10.0 Å². The molecule has 0 atom stereocenters.